The molecule has 0 saturated carbocycles. The van der Waals surface area contributed by atoms with Gasteiger partial charge in [0, 0.05) is 0 Å². The van der Waals surface area contributed by atoms with Crippen LogP contribution in [0.4, 0.5) is 0 Å². The summed E-state index contributed by atoms with van der Waals surface area (Å²) >= 11 is 1.93. The summed E-state index contributed by atoms with van der Waals surface area (Å²) < 4.78 is 0. The molecule has 0 fully saturated rings. The lowest BCUT2D eigenvalue weighted by Gasteiger charge is -2.22. The highest BCUT2D eigenvalue weighted by Crippen LogP contribution is 2.47. The largest absolute Gasteiger partial charge is 0.122 e. The zero-order valence-corrected chi connectivity index (χ0v) is 12.8. The van der Waals surface area contributed by atoms with Crippen LogP contribution in [0.25, 0.3) is 0 Å². The Bertz CT molecular complexity index is 702. The fourth-order valence-electron chi connectivity index (χ4n) is 3.48. The molecule has 0 radical (unpaired) electrons. The zero-order chi connectivity index (χ0) is 13.7. The van der Waals surface area contributed by atoms with Gasteiger partial charge in [0.15, 0.2) is 0 Å². The first kappa shape index (κ1) is 12.3. The predicted octanol–water partition coefficient (Wildman–Crippen LogP) is 5.40. The molecular weight excluding hydrogens is 260 g/mol. The molecule has 3 aliphatic carbocycles. The quantitative estimate of drug-likeness (QED) is 0.651. The van der Waals surface area contributed by atoms with Crippen molar-refractivity contribution in [3.8, 4) is 0 Å². The van der Waals surface area contributed by atoms with Gasteiger partial charge in [0.05, 0.1) is 5.25 Å². The second kappa shape index (κ2) is 4.53. The Morgan fingerprint density at radius 2 is 2.15 bits per heavy atom. The Hall–Kier alpha value is -1.47. The standard InChI is InChI=1S/C19H18S/c1-12-9-17-13(2)15-7-8-20-19(15)11-18(17)16(12)10-14-5-3-4-6-14/h3-5,7-9,11,19H,6,10H2,1-2H3. The van der Waals surface area contributed by atoms with E-state index in [9.17, 15) is 0 Å². The van der Waals surface area contributed by atoms with E-state index in [1.807, 2.05) is 11.8 Å². The monoisotopic (exact) mass is 278 g/mol. The third-order valence-electron chi connectivity index (χ3n) is 4.64. The summed E-state index contributed by atoms with van der Waals surface area (Å²) in [5.74, 6) is 0. The highest BCUT2D eigenvalue weighted by molar-refractivity contribution is 8.03. The molecule has 0 bridgehead atoms. The fraction of sp³-hybridized carbons (Fsp3) is 0.263. The molecule has 4 rings (SSSR count). The molecule has 1 unspecified atom stereocenters. The van der Waals surface area contributed by atoms with Gasteiger partial charge in [0.1, 0.15) is 0 Å². The van der Waals surface area contributed by atoms with Crippen molar-refractivity contribution in [2.24, 2.45) is 0 Å². The summed E-state index contributed by atoms with van der Waals surface area (Å²) in [6.07, 6.45) is 16.1. The van der Waals surface area contributed by atoms with Gasteiger partial charge < -0.3 is 0 Å². The van der Waals surface area contributed by atoms with Crippen LogP contribution in [0.3, 0.4) is 0 Å². The van der Waals surface area contributed by atoms with Gasteiger partial charge in [0.2, 0.25) is 0 Å². The normalized spacial score (nSPS) is 26.9. The Kier molecular flexibility index (Phi) is 2.78. The fourth-order valence-corrected chi connectivity index (χ4v) is 4.49. The molecule has 0 spiro atoms. The van der Waals surface area contributed by atoms with Gasteiger partial charge in [-0.05, 0) is 65.5 Å². The predicted molar refractivity (Wildman–Crippen MR) is 88.5 cm³/mol. The topological polar surface area (TPSA) is 0 Å². The van der Waals surface area contributed by atoms with E-state index in [4.69, 9.17) is 0 Å². The lowest BCUT2D eigenvalue weighted by molar-refractivity contribution is 1.05. The maximum absolute atomic E-state index is 2.48. The molecule has 100 valence electrons. The summed E-state index contributed by atoms with van der Waals surface area (Å²) in [5, 5.41) is 2.78. The third-order valence-corrected chi connectivity index (χ3v) is 5.61. The van der Waals surface area contributed by atoms with Crippen molar-refractivity contribution in [2.75, 3.05) is 0 Å². The van der Waals surface area contributed by atoms with E-state index in [1.54, 1.807) is 11.1 Å². The molecule has 0 aromatic carbocycles. The maximum Gasteiger partial charge on any atom is 0.0530 e. The minimum absolute atomic E-state index is 0.540. The van der Waals surface area contributed by atoms with Crippen molar-refractivity contribution in [1.29, 1.82) is 0 Å². The van der Waals surface area contributed by atoms with E-state index in [2.05, 4.69) is 55.7 Å². The molecule has 1 heteroatoms. The zero-order valence-electron chi connectivity index (χ0n) is 11.9. The Balaban J connectivity index is 1.70. The van der Waals surface area contributed by atoms with Crippen molar-refractivity contribution in [3.05, 3.63) is 80.9 Å². The number of hydrogen-bond donors (Lipinski definition) is 0. The van der Waals surface area contributed by atoms with Crippen LogP contribution in [0.15, 0.2) is 80.9 Å². The van der Waals surface area contributed by atoms with Crippen LogP contribution in [-0.4, -0.2) is 5.25 Å². The van der Waals surface area contributed by atoms with Crippen LogP contribution in [-0.2, 0) is 0 Å². The molecule has 1 heterocycles. The van der Waals surface area contributed by atoms with Gasteiger partial charge in [-0.25, -0.2) is 0 Å². The first-order valence-corrected chi connectivity index (χ1v) is 8.20. The van der Waals surface area contributed by atoms with Gasteiger partial charge in [0.25, 0.3) is 0 Å². The molecular formula is C19H18S. The van der Waals surface area contributed by atoms with Gasteiger partial charge in [-0.2, -0.15) is 0 Å². The summed E-state index contributed by atoms with van der Waals surface area (Å²) in [6, 6.07) is 0. The number of rotatable bonds is 2. The Morgan fingerprint density at radius 3 is 2.95 bits per heavy atom. The first-order valence-electron chi connectivity index (χ1n) is 7.26. The van der Waals surface area contributed by atoms with Gasteiger partial charge in [-0.15, -0.1) is 11.8 Å². The lowest BCUT2D eigenvalue weighted by atomic mass is 9.85. The number of hydrogen-bond acceptors (Lipinski definition) is 1. The second-order valence-electron chi connectivity index (χ2n) is 5.87. The van der Waals surface area contributed by atoms with Crippen LogP contribution < -0.4 is 0 Å². The van der Waals surface area contributed by atoms with E-state index in [0.717, 1.165) is 12.8 Å². The van der Waals surface area contributed by atoms with Crippen molar-refractivity contribution < 1.29 is 0 Å². The maximum atomic E-state index is 2.48. The molecule has 0 amide bonds. The first-order chi connectivity index (χ1) is 9.74. The summed E-state index contributed by atoms with van der Waals surface area (Å²) in [4.78, 5) is 0. The Labute approximate surface area is 125 Å². The molecule has 1 aliphatic heterocycles. The van der Waals surface area contributed by atoms with Crippen LogP contribution in [0.2, 0.25) is 0 Å². The third kappa shape index (κ3) is 1.76. The molecule has 0 nitrogen and oxygen atoms in total. The van der Waals surface area contributed by atoms with Crippen LogP contribution in [0, 0.1) is 0 Å². The van der Waals surface area contributed by atoms with E-state index in [0.29, 0.717) is 5.25 Å². The average molecular weight is 278 g/mol. The summed E-state index contributed by atoms with van der Waals surface area (Å²) in [6.45, 7) is 4.55. The molecule has 1 atom stereocenters. The van der Waals surface area contributed by atoms with Crippen molar-refractivity contribution >= 4 is 11.8 Å². The molecule has 0 N–H and O–H groups in total. The number of thioether (sulfide) groups is 1. The van der Waals surface area contributed by atoms with Crippen LogP contribution in [0.1, 0.15) is 26.7 Å². The molecule has 0 saturated heterocycles. The van der Waals surface area contributed by atoms with E-state index in [1.165, 1.54) is 27.9 Å². The van der Waals surface area contributed by atoms with Crippen LogP contribution >= 0.6 is 11.8 Å². The minimum Gasteiger partial charge on any atom is -0.122 e. The van der Waals surface area contributed by atoms with Gasteiger partial charge in [-0.1, -0.05) is 42.0 Å². The molecule has 20 heavy (non-hydrogen) atoms. The van der Waals surface area contributed by atoms with E-state index < -0.39 is 0 Å². The Morgan fingerprint density at radius 1 is 1.25 bits per heavy atom. The smallest absolute Gasteiger partial charge is 0.0530 e. The molecule has 0 aromatic rings. The highest BCUT2D eigenvalue weighted by atomic mass is 32.2. The van der Waals surface area contributed by atoms with E-state index >= 15 is 0 Å². The summed E-state index contributed by atoms with van der Waals surface area (Å²) in [5.41, 5.74) is 10.5. The molecule has 4 aliphatic rings. The van der Waals surface area contributed by atoms with Crippen LogP contribution in [0.5, 0.6) is 0 Å². The van der Waals surface area contributed by atoms with Gasteiger partial charge >= 0.3 is 0 Å². The minimum atomic E-state index is 0.540. The number of allylic oxidation sites excluding steroid dienone is 11. The number of fused-ring (bicyclic) bond motifs is 2. The SMILES string of the molecule is CC1=C(CC2=CC=CC2)C2=CC3SC=CC3=C(C)C2=C1. The highest BCUT2D eigenvalue weighted by Gasteiger charge is 2.30. The lowest BCUT2D eigenvalue weighted by Crippen LogP contribution is -2.10. The van der Waals surface area contributed by atoms with Crippen molar-refractivity contribution in [2.45, 2.75) is 31.9 Å². The van der Waals surface area contributed by atoms with Gasteiger partial charge in [-0.3, -0.25) is 0 Å². The molecule has 0 aromatic heterocycles. The van der Waals surface area contributed by atoms with E-state index in [-0.39, 0.29) is 0 Å². The average Bonchev–Trinajstić information content (AvgIpc) is 3.13. The second-order valence-corrected chi connectivity index (χ2v) is 6.93. The van der Waals surface area contributed by atoms with Crippen molar-refractivity contribution in [1.82, 2.24) is 0 Å². The van der Waals surface area contributed by atoms with Crippen molar-refractivity contribution in [3.63, 3.8) is 0 Å². The summed E-state index contributed by atoms with van der Waals surface area (Å²) in [7, 11) is 0.